The molecule has 0 aliphatic carbocycles. The third kappa shape index (κ3) is 4.88. The van der Waals surface area contributed by atoms with Crippen LogP contribution in [0.5, 0.6) is 0 Å². The fourth-order valence-electron chi connectivity index (χ4n) is 3.15. The molecule has 132 valence electrons. The Morgan fingerprint density at radius 3 is 2.50 bits per heavy atom. The van der Waals surface area contributed by atoms with Gasteiger partial charge in [-0.15, -0.1) is 0 Å². The molecule has 2 fully saturated rings. The van der Waals surface area contributed by atoms with Crippen LogP contribution < -0.4 is 10.2 Å². The van der Waals surface area contributed by atoms with Gasteiger partial charge in [-0.2, -0.15) is 0 Å². The van der Waals surface area contributed by atoms with Crippen LogP contribution in [0.2, 0.25) is 0 Å². The van der Waals surface area contributed by atoms with Gasteiger partial charge in [0.05, 0.1) is 18.8 Å². The van der Waals surface area contributed by atoms with Gasteiger partial charge in [0.1, 0.15) is 0 Å². The van der Waals surface area contributed by atoms with Crippen molar-refractivity contribution in [1.82, 2.24) is 20.2 Å². The van der Waals surface area contributed by atoms with E-state index in [0.29, 0.717) is 31.3 Å². The number of likely N-dealkylation sites (tertiary alicyclic amines) is 1. The van der Waals surface area contributed by atoms with Crippen molar-refractivity contribution < 1.29 is 9.53 Å². The zero-order valence-corrected chi connectivity index (χ0v) is 14.2. The van der Waals surface area contributed by atoms with Crippen molar-refractivity contribution in [1.29, 1.82) is 0 Å². The number of carbonyl (C=O) groups is 1. The number of nitrogens with zero attached hydrogens (tertiary/aromatic N) is 4. The topological polar surface area (TPSA) is 70.6 Å². The van der Waals surface area contributed by atoms with Gasteiger partial charge in [0, 0.05) is 32.0 Å². The molecule has 1 N–H and O–H groups in total. The summed E-state index contributed by atoms with van der Waals surface area (Å²) in [5.74, 6) is 0.571. The third-order valence-electron chi connectivity index (χ3n) is 4.58. The quantitative estimate of drug-likeness (QED) is 0.781. The van der Waals surface area contributed by atoms with Crippen molar-refractivity contribution in [2.24, 2.45) is 0 Å². The maximum absolute atomic E-state index is 12.1. The molecule has 0 bridgehead atoms. The van der Waals surface area contributed by atoms with Gasteiger partial charge in [0.2, 0.25) is 5.95 Å². The highest BCUT2D eigenvalue weighted by molar-refractivity contribution is 5.93. The molecule has 2 saturated heterocycles. The van der Waals surface area contributed by atoms with Gasteiger partial charge >= 0.3 is 0 Å². The van der Waals surface area contributed by atoms with E-state index in [4.69, 9.17) is 4.74 Å². The number of morpholine rings is 1. The zero-order valence-electron chi connectivity index (χ0n) is 14.2. The molecule has 2 aliphatic heterocycles. The van der Waals surface area contributed by atoms with E-state index in [0.717, 1.165) is 26.1 Å². The lowest BCUT2D eigenvalue weighted by molar-refractivity contribution is 0.0950. The average molecular weight is 333 g/mol. The minimum Gasteiger partial charge on any atom is -0.378 e. The standard InChI is InChI=1S/C17H27N5O2/c23-16(18-5-4-8-21-6-2-1-3-7-21)15-13-19-17(20-14-15)22-9-11-24-12-10-22/h13-14H,1-12H2,(H,18,23). The largest absolute Gasteiger partial charge is 0.378 e. The highest BCUT2D eigenvalue weighted by Gasteiger charge is 2.15. The second-order valence-corrected chi connectivity index (χ2v) is 6.38. The molecule has 1 aromatic rings. The van der Waals surface area contributed by atoms with Crippen LogP contribution in [0.15, 0.2) is 12.4 Å². The summed E-state index contributed by atoms with van der Waals surface area (Å²) in [6.45, 7) is 7.14. The van der Waals surface area contributed by atoms with Crippen LogP contribution in [0.4, 0.5) is 5.95 Å². The molecule has 0 saturated carbocycles. The minimum atomic E-state index is -0.0952. The van der Waals surface area contributed by atoms with Crippen molar-refractivity contribution in [3.8, 4) is 0 Å². The first-order valence-electron chi connectivity index (χ1n) is 8.98. The summed E-state index contributed by atoms with van der Waals surface area (Å²) in [6, 6.07) is 0. The van der Waals surface area contributed by atoms with Gasteiger partial charge in [-0.25, -0.2) is 9.97 Å². The number of rotatable bonds is 6. The summed E-state index contributed by atoms with van der Waals surface area (Å²) >= 11 is 0. The molecule has 7 nitrogen and oxygen atoms in total. The maximum atomic E-state index is 12.1. The number of nitrogens with one attached hydrogen (secondary N) is 1. The first-order valence-corrected chi connectivity index (χ1v) is 8.98. The van der Waals surface area contributed by atoms with Crippen LogP contribution in [0, 0.1) is 0 Å². The fraction of sp³-hybridized carbons (Fsp3) is 0.706. The van der Waals surface area contributed by atoms with E-state index in [9.17, 15) is 4.79 Å². The number of ether oxygens (including phenoxy) is 1. The third-order valence-corrected chi connectivity index (χ3v) is 4.58. The molecular weight excluding hydrogens is 306 g/mol. The van der Waals surface area contributed by atoms with Gasteiger partial charge < -0.3 is 19.9 Å². The van der Waals surface area contributed by atoms with E-state index < -0.39 is 0 Å². The number of hydrogen-bond donors (Lipinski definition) is 1. The van der Waals surface area contributed by atoms with Gasteiger partial charge in [0.25, 0.3) is 5.91 Å². The average Bonchev–Trinajstić information content (AvgIpc) is 2.67. The smallest absolute Gasteiger partial charge is 0.254 e. The Balaban J connectivity index is 1.39. The molecule has 3 heterocycles. The van der Waals surface area contributed by atoms with Crippen molar-refractivity contribution in [2.75, 3.05) is 57.4 Å². The van der Waals surface area contributed by atoms with Crippen LogP contribution in [0.1, 0.15) is 36.0 Å². The lowest BCUT2D eigenvalue weighted by Crippen LogP contribution is -2.37. The molecule has 0 radical (unpaired) electrons. The lowest BCUT2D eigenvalue weighted by atomic mass is 10.1. The molecule has 7 heteroatoms. The van der Waals surface area contributed by atoms with Crippen molar-refractivity contribution >= 4 is 11.9 Å². The second-order valence-electron chi connectivity index (χ2n) is 6.38. The van der Waals surface area contributed by atoms with Crippen LogP contribution in [0.3, 0.4) is 0 Å². The summed E-state index contributed by atoms with van der Waals surface area (Å²) in [7, 11) is 0. The predicted molar refractivity (Wildman–Crippen MR) is 92.3 cm³/mol. The zero-order chi connectivity index (χ0) is 16.6. The summed E-state index contributed by atoms with van der Waals surface area (Å²) < 4.78 is 5.32. The Bertz CT molecular complexity index is 510. The highest BCUT2D eigenvalue weighted by atomic mass is 16.5. The SMILES string of the molecule is O=C(NCCCN1CCCCC1)c1cnc(N2CCOCC2)nc1. The predicted octanol–water partition coefficient (Wildman–Crippen LogP) is 0.919. The Morgan fingerprint density at radius 1 is 1.08 bits per heavy atom. The summed E-state index contributed by atoms with van der Waals surface area (Å²) in [5, 5.41) is 2.96. The van der Waals surface area contributed by atoms with Crippen LogP contribution in [0.25, 0.3) is 0 Å². The molecule has 2 aliphatic rings. The Labute approximate surface area is 143 Å². The number of amides is 1. The molecule has 0 unspecified atom stereocenters. The number of piperidine rings is 1. The molecule has 1 amide bonds. The van der Waals surface area contributed by atoms with Crippen molar-refractivity contribution in [2.45, 2.75) is 25.7 Å². The molecule has 1 aromatic heterocycles. The minimum absolute atomic E-state index is 0.0952. The van der Waals surface area contributed by atoms with Gasteiger partial charge in [-0.3, -0.25) is 4.79 Å². The molecule has 3 rings (SSSR count). The summed E-state index contributed by atoms with van der Waals surface area (Å²) in [5.41, 5.74) is 0.519. The van der Waals surface area contributed by atoms with E-state index in [-0.39, 0.29) is 5.91 Å². The van der Waals surface area contributed by atoms with Crippen LogP contribution in [-0.2, 0) is 4.74 Å². The lowest BCUT2D eigenvalue weighted by Gasteiger charge is -2.26. The first kappa shape index (κ1) is 17.1. The summed E-state index contributed by atoms with van der Waals surface area (Å²) in [6.07, 6.45) is 8.17. The second kappa shape index (κ2) is 8.94. The van der Waals surface area contributed by atoms with Crippen LogP contribution >= 0.6 is 0 Å². The molecular formula is C17H27N5O2. The molecule has 0 aromatic carbocycles. The maximum Gasteiger partial charge on any atom is 0.254 e. The van der Waals surface area contributed by atoms with Crippen LogP contribution in [-0.4, -0.2) is 73.3 Å². The number of anilines is 1. The molecule has 24 heavy (non-hydrogen) atoms. The number of aromatic nitrogens is 2. The normalized spacial score (nSPS) is 19.2. The number of hydrogen-bond acceptors (Lipinski definition) is 6. The van der Waals surface area contributed by atoms with E-state index >= 15 is 0 Å². The van der Waals surface area contributed by atoms with E-state index in [1.807, 2.05) is 0 Å². The van der Waals surface area contributed by atoms with Gasteiger partial charge in [0.15, 0.2) is 0 Å². The Kier molecular flexibility index (Phi) is 6.37. The fourth-order valence-corrected chi connectivity index (χ4v) is 3.15. The van der Waals surface area contributed by atoms with E-state index in [1.54, 1.807) is 12.4 Å². The first-order chi connectivity index (χ1) is 11.8. The number of carbonyl (C=O) groups excluding carboxylic acids is 1. The molecule has 0 spiro atoms. The van der Waals surface area contributed by atoms with Gasteiger partial charge in [-0.1, -0.05) is 6.42 Å². The molecule has 0 atom stereocenters. The van der Waals surface area contributed by atoms with E-state index in [2.05, 4.69) is 25.1 Å². The monoisotopic (exact) mass is 333 g/mol. The Morgan fingerprint density at radius 2 is 1.79 bits per heavy atom. The van der Waals surface area contributed by atoms with Gasteiger partial charge in [-0.05, 0) is 38.9 Å². The van der Waals surface area contributed by atoms with Crippen molar-refractivity contribution in [3.05, 3.63) is 18.0 Å². The highest BCUT2D eigenvalue weighted by Crippen LogP contribution is 2.10. The summed E-state index contributed by atoms with van der Waals surface area (Å²) in [4.78, 5) is 25.3. The Hall–Kier alpha value is -1.73. The van der Waals surface area contributed by atoms with Crippen molar-refractivity contribution in [3.63, 3.8) is 0 Å². The van der Waals surface area contributed by atoms with E-state index in [1.165, 1.54) is 32.4 Å².